The van der Waals surface area contributed by atoms with Crippen LogP contribution in [0, 0.1) is 17.8 Å². The molecule has 2 rings (SSSR count). The zero-order chi connectivity index (χ0) is 13.8. The van der Waals surface area contributed by atoms with Crippen molar-refractivity contribution in [3.63, 3.8) is 0 Å². The van der Waals surface area contributed by atoms with Gasteiger partial charge < -0.3 is 10.2 Å². The van der Waals surface area contributed by atoms with Crippen molar-refractivity contribution in [1.29, 1.82) is 0 Å². The summed E-state index contributed by atoms with van der Waals surface area (Å²) in [5, 5.41) is 3.96. The number of nitrogens with zero attached hydrogens (tertiary/aromatic N) is 1. The van der Waals surface area contributed by atoms with E-state index < -0.39 is 0 Å². The molecular formula is C17H34N2. The van der Waals surface area contributed by atoms with Crippen molar-refractivity contribution in [3.8, 4) is 0 Å². The van der Waals surface area contributed by atoms with Gasteiger partial charge in [0, 0.05) is 25.2 Å². The second-order valence-electron chi connectivity index (χ2n) is 7.12. The fourth-order valence-corrected chi connectivity index (χ4v) is 4.11. The van der Waals surface area contributed by atoms with Gasteiger partial charge in [-0.05, 0) is 51.0 Å². The highest BCUT2D eigenvalue weighted by molar-refractivity contribution is 4.95. The molecule has 0 aromatic heterocycles. The third-order valence-corrected chi connectivity index (χ3v) is 5.63. The van der Waals surface area contributed by atoms with Crippen molar-refractivity contribution in [2.75, 3.05) is 19.6 Å². The summed E-state index contributed by atoms with van der Waals surface area (Å²) >= 11 is 0. The van der Waals surface area contributed by atoms with Gasteiger partial charge in [0.05, 0.1) is 0 Å². The first kappa shape index (κ1) is 15.3. The van der Waals surface area contributed by atoms with Crippen molar-refractivity contribution in [2.45, 2.75) is 71.9 Å². The standard InChI is InChI=1S/C17H34N2/c1-5-14(6-2)10-18-17-15-8-7-9-16(17)12-19(11-15)13(3)4/h13-18H,5-12H2,1-4H3. The van der Waals surface area contributed by atoms with Gasteiger partial charge in [0.1, 0.15) is 0 Å². The minimum absolute atomic E-state index is 0.725. The third-order valence-electron chi connectivity index (χ3n) is 5.63. The molecule has 1 saturated carbocycles. The van der Waals surface area contributed by atoms with E-state index in [0.717, 1.165) is 29.8 Å². The highest BCUT2D eigenvalue weighted by atomic mass is 15.2. The van der Waals surface area contributed by atoms with Crippen molar-refractivity contribution in [2.24, 2.45) is 17.8 Å². The number of hydrogen-bond donors (Lipinski definition) is 1. The first-order chi connectivity index (χ1) is 9.15. The Morgan fingerprint density at radius 1 is 1.05 bits per heavy atom. The maximum atomic E-state index is 3.96. The Morgan fingerprint density at radius 3 is 2.11 bits per heavy atom. The van der Waals surface area contributed by atoms with E-state index in [4.69, 9.17) is 0 Å². The summed E-state index contributed by atoms with van der Waals surface area (Å²) in [6.45, 7) is 13.3. The molecule has 19 heavy (non-hydrogen) atoms. The maximum absolute atomic E-state index is 3.96. The lowest BCUT2D eigenvalue weighted by atomic mass is 9.73. The zero-order valence-corrected chi connectivity index (χ0v) is 13.5. The number of likely N-dealkylation sites (tertiary alicyclic amines) is 1. The predicted octanol–water partition coefficient (Wildman–Crippen LogP) is 3.52. The van der Waals surface area contributed by atoms with Gasteiger partial charge in [-0.25, -0.2) is 0 Å². The topological polar surface area (TPSA) is 15.3 Å². The lowest BCUT2D eigenvalue weighted by Crippen LogP contribution is -2.58. The van der Waals surface area contributed by atoms with Crippen molar-refractivity contribution < 1.29 is 0 Å². The fourth-order valence-electron chi connectivity index (χ4n) is 4.11. The number of fused-ring (bicyclic) bond motifs is 2. The number of nitrogens with one attached hydrogen (secondary N) is 1. The SMILES string of the molecule is CCC(CC)CNC1C2CCCC1CN(C(C)C)C2. The number of rotatable bonds is 6. The van der Waals surface area contributed by atoms with E-state index in [1.165, 1.54) is 51.7 Å². The molecule has 2 fully saturated rings. The molecule has 0 spiro atoms. The Balaban J connectivity index is 1.90. The molecule has 1 aliphatic carbocycles. The average molecular weight is 266 g/mol. The lowest BCUT2D eigenvalue weighted by molar-refractivity contribution is 0.0280. The molecule has 2 heteroatoms. The summed E-state index contributed by atoms with van der Waals surface area (Å²) in [6, 6.07) is 1.53. The Bertz CT molecular complexity index is 246. The molecule has 2 unspecified atom stereocenters. The van der Waals surface area contributed by atoms with E-state index in [0.29, 0.717) is 0 Å². The largest absolute Gasteiger partial charge is 0.313 e. The van der Waals surface area contributed by atoms with E-state index in [1.807, 2.05) is 0 Å². The van der Waals surface area contributed by atoms with Crippen LogP contribution in [0.5, 0.6) is 0 Å². The Kier molecular flexibility index (Phi) is 5.70. The summed E-state index contributed by atoms with van der Waals surface area (Å²) in [5.41, 5.74) is 0. The van der Waals surface area contributed by atoms with E-state index in [9.17, 15) is 0 Å². The average Bonchev–Trinajstić information content (AvgIpc) is 2.38. The number of piperidine rings is 1. The van der Waals surface area contributed by atoms with Crippen LogP contribution in [-0.4, -0.2) is 36.6 Å². The highest BCUT2D eigenvalue weighted by Gasteiger charge is 2.39. The summed E-state index contributed by atoms with van der Waals surface area (Å²) in [6.07, 6.45) is 7.00. The van der Waals surface area contributed by atoms with Crippen LogP contribution in [0.1, 0.15) is 59.8 Å². The van der Waals surface area contributed by atoms with Gasteiger partial charge in [0.25, 0.3) is 0 Å². The molecule has 1 saturated heterocycles. The molecule has 2 nitrogen and oxygen atoms in total. The molecule has 2 aliphatic rings. The van der Waals surface area contributed by atoms with Crippen LogP contribution >= 0.6 is 0 Å². The second-order valence-corrected chi connectivity index (χ2v) is 7.12. The smallest absolute Gasteiger partial charge is 0.0148 e. The van der Waals surface area contributed by atoms with E-state index in [1.54, 1.807) is 0 Å². The quantitative estimate of drug-likeness (QED) is 0.791. The van der Waals surface area contributed by atoms with Crippen molar-refractivity contribution >= 4 is 0 Å². The van der Waals surface area contributed by atoms with Crippen LogP contribution < -0.4 is 5.32 Å². The van der Waals surface area contributed by atoms with Crippen LogP contribution in [0.2, 0.25) is 0 Å². The highest BCUT2D eigenvalue weighted by Crippen LogP contribution is 2.35. The summed E-state index contributed by atoms with van der Waals surface area (Å²) in [7, 11) is 0. The molecule has 0 amide bonds. The van der Waals surface area contributed by atoms with Gasteiger partial charge in [-0.1, -0.05) is 33.1 Å². The first-order valence-electron chi connectivity index (χ1n) is 8.63. The molecule has 0 aromatic carbocycles. The fraction of sp³-hybridized carbons (Fsp3) is 1.00. The van der Waals surface area contributed by atoms with Crippen molar-refractivity contribution in [1.82, 2.24) is 10.2 Å². The van der Waals surface area contributed by atoms with E-state index in [-0.39, 0.29) is 0 Å². The Hall–Kier alpha value is -0.0800. The van der Waals surface area contributed by atoms with Gasteiger partial charge in [-0.3, -0.25) is 0 Å². The predicted molar refractivity (Wildman–Crippen MR) is 83.4 cm³/mol. The number of hydrogen-bond acceptors (Lipinski definition) is 2. The van der Waals surface area contributed by atoms with Gasteiger partial charge in [0.2, 0.25) is 0 Å². The molecule has 1 heterocycles. The zero-order valence-electron chi connectivity index (χ0n) is 13.5. The van der Waals surface area contributed by atoms with E-state index >= 15 is 0 Å². The van der Waals surface area contributed by atoms with Crippen LogP contribution in [0.25, 0.3) is 0 Å². The van der Waals surface area contributed by atoms with Crippen LogP contribution in [0.15, 0.2) is 0 Å². The van der Waals surface area contributed by atoms with Crippen LogP contribution in [-0.2, 0) is 0 Å². The normalized spacial score (nSPS) is 32.2. The minimum Gasteiger partial charge on any atom is -0.313 e. The summed E-state index contributed by atoms with van der Waals surface area (Å²) in [5.74, 6) is 2.69. The molecular weight excluding hydrogens is 232 g/mol. The molecule has 0 radical (unpaired) electrons. The molecule has 2 bridgehead atoms. The molecule has 1 N–H and O–H groups in total. The van der Waals surface area contributed by atoms with Crippen molar-refractivity contribution in [3.05, 3.63) is 0 Å². The summed E-state index contributed by atoms with van der Waals surface area (Å²) in [4.78, 5) is 2.71. The van der Waals surface area contributed by atoms with Gasteiger partial charge in [-0.2, -0.15) is 0 Å². The minimum atomic E-state index is 0.725. The molecule has 0 aromatic rings. The van der Waals surface area contributed by atoms with Crippen LogP contribution in [0.4, 0.5) is 0 Å². The Labute approximate surface area is 120 Å². The van der Waals surface area contributed by atoms with Gasteiger partial charge in [-0.15, -0.1) is 0 Å². The molecule has 1 aliphatic heterocycles. The summed E-state index contributed by atoms with van der Waals surface area (Å²) < 4.78 is 0. The second kappa shape index (κ2) is 7.08. The Morgan fingerprint density at radius 2 is 1.63 bits per heavy atom. The maximum Gasteiger partial charge on any atom is 0.0148 e. The van der Waals surface area contributed by atoms with Crippen LogP contribution in [0.3, 0.4) is 0 Å². The molecule has 2 atom stereocenters. The first-order valence-corrected chi connectivity index (χ1v) is 8.63. The van der Waals surface area contributed by atoms with E-state index in [2.05, 4.69) is 37.9 Å². The lowest BCUT2D eigenvalue weighted by Gasteiger charge is -2.49. The van der Waals surface area contributed by atoms with Gasteiger partial charge >= 0.3 is 0 Å². The monoisotopic (exact) mass is 266 g/mol. The third kappa shape index (κ3) is 3.72. The molecule has 112 valence electrons. The van der Waals surface area contributed by atoms with Gasteiger partial charge in [0.15, 0.2) is 0 Å².